The van der Waals surface area contributed by atoms with Gasteiger partial charge in [0.05, 0.1) is 11.8 Å². The highest BCUT2D eigenvalue weighted by Crippen LogP contribution is 2.28. The maximum atomic E-state index is 6.01. The first-order chi connectivity index (χ1) is 10.8. The Kier molecular flexibility index (Phi) is 6.59. The van der Waals surface area contributed by atoms with Crippen LogP contribution in [0.2, 0.25) is 0 Å². The van der Waals surface area contributed by atoms with E-state index in [9.17, 15) is 0 Å². The van der Waals surface area contributed by atoms with E-state index in [0.717, 1.165) is 34.6 Å². The van der Waals surface area contributed by atoms with Gasteiger partial charge >= 0.3 is 0 Å². The summed E-state index contributed by atoms with van der Waals surface area (Å²) in [5, 5.41) is 0. The standard InChI is InChI=1S/C20H20OS/c1-3-5-14-18(11-4-2)22-20-16-10-9-15-19(20)21-17-12-7-6-8-13-17/h4-16H,2-3H2,1H3/p+1/b14-5-,18-11+. The monoisotopic (exact) mass is 309 g/mol. The number of benzene rings is 2. The molecule has 0 N–H and O–H groups in total. The summed E-state index contributed by atoms with van der Waals surface area (Å²) < 4.78 is 6.01. The largest absolute Gasteiger partial charge is 0.452 e. The van der Waals surface area contributed by atoms with Gasteiger partial charge < -0.3 is 4.74 Å². The fourth-order valence-electron chi connectivity index (χ4n) is 1.88. The number of thiol groups is 1. The van der Waals surface area contributed by atoms with Crippen LogP contribution in [0, 0.1) is 0 Å². The van der Waals surface area contributed by atoms with Crippen molar-refractivity contribution in [2.75, 3.05) is 0 Å². The highest BCUT2D eigenvalue weighted by atomic mass is 32.2. The summed E-state index contributed by atoms with van der Waals surface area (Å²) in [6.45, 7) is 5.92. The van der Waals surface area contributed by atoms with Crippen LogP contribution in [-0.2, 0) is 11.8 Å². The zero-order chi connectivity index (χ0) is 15.6. The first-order valence-electron chi connectivity index (χ1n) is 7.36. The van der Waals surface area contributed by atoms with Gasteiger partial charge in [-0.15, -0.1) is 0 Å². The Morgan fingerprint density at radius 2 is 1.82 bits per heavy atom. The average molecular weight is 309 g/mol. The molecule has 0 heterocycles. The van der Waals surface area contributed by atoms with Crippen LogP contribution in [0.25, 0.3) is 0 Å². The zero-order valence-electron chi connectivity index (χ0n) is 12.8. The van der Waals surface area contributed by atoms with Gasteiger partial charge in [-0.2, -0.15) is 0 Å². The van der Waals surface area contributed by atoms with Crippen molar-refractivity contribution < 1.29 is 4.74 Å². The number of rotatable bonds is 7. The second kappa shape index (κ2) is 8.96. The Hall–Kier alpha value is -2.19. The summed E-state index contributed by atoms with van der Waals surface area (Å²) in [4.78, 5) is 2.33. The van der Waals surface area contributed by atoms with Crippen molar-refractivity contribution in [3.05, 3.63) is 90.4 Å². The Labute approximate surface area is 137 Å². The van der Waals surface area contributed by atoms with E-state index in [1.165, 1.54) is 4.91 Å². The van der Waals surface area contributed by atoms with E-state index in [4.69, 9.17) is 4.74 Å². The van der Waals surface area contributed by atoms with Crippen molar-refractivity contribution in [1.82, 2.24) is 0 Å². The van der Waals surface area contributed by atoms with E-state index < -0.39 is 0 Å². The molecular formula is C20H21OS+. The van der Waals surface area contributed by atoms with Gasteiger partial charge in [0.15, 0.2) is 10.7 Å². The van der Waals surface area contributed by atoms with Crippen molar-refractivity contribution in [3.63, 3.8) is 0 Å². The minimum absolute atomic E-state index is 0.850. The number of hydrogen-bond donors (Lipinski definition) is 0. The molecule has 112 valence electrons. The zero-order valence-corrected chi connectivity index (χ0v) is 13.7. The second-order valence-electron chi connectivity index (χ2n) is 4.63. The summed E-state index contributed by atoms with van der Waals surface area (Å²) in [6.07, 6.45) is 9.17. The maximum absolute atomic E-state index is 6.01. The van der Waals surface area contributed by atoms with Gasteiger partial charge in [0, 0.05) is 0 Å². The lowest BCUT2D eigenvalue weighted by atomic mass is 10.3. The molecule has 22 heavy (non-hydrogen) atoms. The minimum atomic E-state index is 0.850. The highest BCUT2D eigenvalue weighted by Gasteiger charge is 2.14. The molecule has 0 radical (unpaired) electrons. The Bertz CT molecular complexity index is 656. The van der Waals surface area contributed by atoms with Crippen molar-refractivity contribution in [2.24, 2.45) is 0 Å². The number of ether oxygens (including phenoxy) is 1. The second-order valence-corrected chi connectivity index (χ2v) is 5.85. The molecule has 2 heteroatoms. The predicted octanol–water partition coefficient (Wildman–Crippen LogP) is 5.69. The van der Waals surface area contributed by atoms with Crippen molar-refractivity contribution in [1.29, 1.82) is 0 Å². The van der Waals surface area contributed by atoms with Crippen molar-refractivity contribution >= 4 is 11.8 Å². The topological polar surface area (TPSA) is 9.23 Å². The molecule has 0 atom stereocenters. The highest BCUT2D eigenvalue weighted by molar-refractivity contribution is 7.83. The molecule has 0 bridgehead atoms. The first kappa shape index (κ1) is 16.2. The van der Waals surface area contributed by atoms with Crippen LogP contribution in [0.5, 0.6) is 11.5 Å². The summed E-state index contributed by atoms with van der Waals surface area (Å²) in [5.74, 6) is 1.73. The lowest BCUT2D eigenvalue weighted by molar-refractivity contribution is 0.471. The molecule has 0 aliphatic heterocycles. The van der Waals surface area contributed by atoms with E-state index in [1.807, 2.05) is 60.7 Å². The molecule has 0 spiro atoms. The van der Waals surface area contributed by atoms with Gasteiger partial charge in [-0.3, -0.25) is 0 Å². The quantitative estimate of drug-likeness (QED) is 0.363. The molecule has 0 aliphatic rings. The lowest BCUT2D eigenvalue weighted by Gasteiger charge is -2.06. The van der Waals surface area contributed by atoms with Crippen LogP contribution in [0.15, 0.2) is 95.3 Å². The summed E-state index contributed by atoms with van der Waals surface area (Å²) in [6, 6.07) is 18.0. The van der Waals surface area contributed by atoms with Crippen LogP contribution in [0.4, 0.5) is 0 Å². The molecule has 0 fully saturated rings. The summed E-state index contributed by atoms with van der Waals surface area (Å²) in [7, 11) is 0. The SMILES string of the molecule is C=C/C=C(\C=C/CC)[SH+]c1ccccc1Oc1ccccc1. The average Bonchev–Trinajstić information content (AvgIpc) is 2.55. The van der Waals surface area contributed by atoms with Crippen molar-refractivity contribution in [2.45, 2.75) is 18.2 Å². The fourth-order valence-corrected chi connectivity index (χ4v) is 2.91. The van der Waals surface area contributed by atoms with E-state index in [-0.39, 0.29) is 0 Å². The number of para-hydroxylation sites is 2. The maximum Gasteiger partial charge on any atom is 0.200 e. The Morgan fingerprint density at radius 1 is 1.09 bits per heavy atom. The third-order valence-electron chi connectivity index (χ3n) is 2.90. The molecule has 0 aliphatic carbocycles. The van der Waals surface area contributed by atoms with Gasteiger partial charge in [-0.1, -0.05) is 56.0 Å². The molecular weight excluding hydrogens is 288 g/mol. The van der Waals surface area contributed by atoms with Crippen LogP contribution in [0.1, 0.15) is 13.3 Å². The Morgan fingerprint density at radius 3 is 2.55 bits per heavy atom. The van der Waals surface area contributed by atoms with E-state index >= 15 is 0 Å². The number of hydrogen-bond acceptors (Lipinski definition) is 1. The molecule has 0 amide bonds. The molecule has 1 nitrogen and oxygen atoms in total. The summed E-state index contributed by atoms with van der Waals surface area (Å²) in [5.41, 5.74) is 0. The van der Waals surface area contributed by atoms with Gasteiger partial charge in [-0.05, 0) is 42.8 Å². The van der Waals surface area contributed by atoms with Crippen LogP contribution in [-0.4, -0.2) is 0 Å². The van der Waals surface area contributed by atoms with Gasteiger partial charge in [0.25, 0.3) is 0 Å². The number of allylic oxidation sites excluding steroid dienone is 4. The predicted molar refractivity (Wildman–Crippen MR) is 97.7 cm³/mol. The van der Waals surface area contributed by atoms with Crippen LogP contribution < -0.4 is 4.74 Å². The minimum Gasteiger partial charge on any atom is -0.452 e. The molecule has 2 aromatic carbocycles. The molecule has 0 unspecified atom stereocenters. The van der Waals surface area contributed by atoms with Crippen LogP contribution >= 0.6 is 0 Å². The normalized spacial score (nSPS) is 11.6. The molecule has 0 saturated heterocycles. The Balaban J connectivity index is 2.22. The molecule has 2 aromatic rings. The first-order valence-corrected chi connectivity index (χ1v) is 8.26. The molecule has 0 saturated carbocycles. The van der Waals surface area contributed by atoms with Gasteiger partial charge in [0.2, 0.25) is 4.90 Å². The fraction of sp³-hybridized carbons (Fsp3) is 0.100. The summed E-state index contributed by atoms with van der Waals surface area (Å²) >= 11 is 1.11. The third kappa shape index (κ3) is 4.97. The van der Waals surface area contributed by atoms with E-state index in [1.54, 1.807) is 0 Å². The van der Waals surface area contributed by atoms with Crippen molar-refractivity contribution in [3.8, 4) is 11.5 Å². The molecule has 2 rings (SSSR count). The van der Waals surface area contributed by atoms with Gasteiger partial charge in [0.1, 0.15) is 5.75 Å². The van der Waals surface area contributed by atoms with E-state index in [2.05, 4.69) is 31.7 Å². The smallest absolute Gasteiger partial charge is 0.200 e. The third-order valence-corrected chi connectivity index (χ3v) is 4.07. The van der Waals surface area contributed by atoms with Gasteiger partial charge in [-0.25, -0.2) is 0 Å². The van der Waals surface area contributed by atoms with E-state index in [0.29, 0.717) is 0 Å². The molecule has 0 aromatic heterocycles. The van der Waals surface area contributed by atoms with Crippen LogP contribution in [0.3, 0.4) is 0 Å². The lowest BCUT2D eigenvalue weighted by Crippen LogP contribution is -1.92.